The van der Waals surface area contributed by atoms with Gasteiger partial charge in [0, 0.05) is 4.47 Å². The number of aryl methyl sites for hydroxylation is 1. The van der Waals surface area contributed by atoms with Crippen LogP contribution in [0.25, 0.3) is 0 Å². The molecule has 2 aromatic carbocycles. The van der Waals surface area contributed by atoms with Gasteiger partial charge in [0.2, 0.25) is 0 Å². The summed E-state index contributed by atoms with van der Waals surface area (Å²) < 4.78 is 14.0. The van der Waals surface area contributed by atoms with Gasteiger partial charge in [0.1, 0.15) is 11.9 Å². The zero-order valence-corrected chi connectivity index (χ0v) is 11.8. The summed E-state index contributed by atoms with van der Waals surface area (Å²) in [5.41, 5.74) is 3.51. The Morgan fingerprint density at radius 2 is 1.89 bits per heavy atom. The molecule has 0 aliphatic rings. The Bertz CT molecular complexity index is 560. The fraction of sp³-hybridized carbons (Fsp3) is 0.200. The maximum absolute atomic E-state index is 13.3. The summed E-state index contributed by atoms with van der Waals surface area (Å²) in [6.45, 7) is 3.95. The highest BCUT2D eigenvalue weighted by atomic mass is 79.9. The lowest BCUT2D eigenvalue weighted by Gasteiger charge is -2.16. The highest BCUT2D eigenvalue weighted by Gasteiger charge is 2.15. The second-order valence-corrected chi connectivity index (χ2v) is 5.31. The number of aliphatic hydroxyl groups is 1. The molecule has 0 amide bonds. The highest BCUT2D eigenvalue weighted by molar-refractivity contribution is 9.10. The summed E-state index contributed by atoms with van der Waals surface area (Å²) in [6.07, 6.45) is -0.808. The first-order valence-electron chi connectivity index (χ1n) is 5.69. The predicted octanol–water partition coefficient (Wildman–Crippen LogP) is 4.29. The largest absolute Gasteiger partial charge is 0.384 e. The Hall–Kier alpha value is -1.19. The first-order valence-corrected chi connectivity index (χ1v) is 6.48. The van der Waals surface area contributed by atoms with Crippen molar-refractivity contribution in [1.29, 1.82) is 0 Å². The molecule has 2 rings (SSSR count). The fourth-order valence-electron chi connectivity index (χ4n) is 1.98. The van der Waals surface area contributed by atoms with Crippen LogP contribution >= 0.6 is 15.9 Å². The Morgan fingerprint density at radius 3 is 2.56 bits per heavy atom. The van der Waals surface area contributed by atoms with E-state index in [0.717, 1.165) is 16.7 Å². The first-order chi connectivity index (χ1) is 8.49. The van der Waals surface area contributed by atoms with E-state index < -0.39 is 6.10 Å². The first kappa shape index (κ1) is 13.2. The SMILES string of the molecule is Cc1cccc(C(O)c2cc(F)cc(Br)c2)c1C. The van der Waals surface area contributed by atoms with Crippen molar-refractivity contribution < 1.29 is 9.50 Å². The van der Waals surface area contributed by atoms with E-state index in [1.165, 1.54) is 12.1 Å². The van der Waals surface area contributed by atoms with Crippen molar-refractivity contribution in [2.45, 2.75) is 20.0 Å². The van der Waals surface area contributed by atoms with E-state index in [4.69, 9.17) is 0 Å². The minimum absolute atomic E-state index is 0.358. The normalized spacial score (nSPS) is 12.5. The Morgan fingerprint density at radius 1 is 1.17 bits per heavy atom. The van der Waals surface area contributed by atoms with Crippen molar-refractivity contribution in [3.05, 3.63) is 68.9 Å². The van der Waals surface area contributed by atoms with Gasteiger partial charge in [-0.15, -0.1) is 0 Å². The number of hydrogen-bond donors (Lipinski definition) is 1. The molecule has 0 aliphatic carbocycles. The number of aliphatic hydroxyl groups excluding tert-OH is 1. The summed E-state index contributed by atoms with van der Waals surface area (Å²) in [5.74, 6) is -0.358. The lowest BCUT2D eigenvalue weighted by Crippen LogP contribution is -2.03. The van der Waals surface area contributed by atoms with Gasteiger partial charge >= 0.3 is 0 Å². The molecule has 0 fully saturated rings. The summed E-state index contributed by atoms with van der Waals surface area (Å²) >= 11 is 3.24. The molecule has 2 aromatic rings. The highest BCUT2D eigenvalue weighted by Crippen LogP contribution is 2.28. The monoisotopic (exact) mass is 308 g/mol. The average molecular weight is 309 g/mol. The second-order valence-electron chi connectivity index (χ2n) is 4.39. The maximum Gasteiger partial charge on any atom is 0.124 e. The van der Waals surface area contributed by atoms with Crippen LogP contribution in [-0.4, -0.2) is 5.11 Å². The molecule has 1 N–H and O–H groups in total. The zero-order valence-electron chi connectivity index (χ0n) is 10.2. The molecule has 0 saturated heterocycles. The summed E-state index contributed by atoms with van der Waals surface area (Å²) in [6, 6.07) is 10.2. The van der Waals surface area contributed by atoms with E-state index in [2.05, 4.69) is 15.9 Å². The van der Waals surface area contributed by atoms with Gasteiger partial charge in [0.15, 0.2) is 0 Å². The standard InChI is InChI=1S/C15H14BrFO/c1-9-4-3-5-14(10(9)2)15(18)11-6-12(16)8-13(17)7-11/h3-8,15,18H,1-2H3. The Kier molecular flexibility index (Phi) is 3.83. The van der Waals surface area contributed by atoms with Crippen LogP contribution in [0.2, 0.25) is 0 Å². The smallest absolute Gasteiger partial charge is 0.124 e. The minimum Gasteiger partial charge on any atom is -0.384 e. The van der Waals surface area contributed by atoms with Gasteiger partial charge in [-0.25, -0.2) is 4.39 Å². The average Bonchev–Trinajstić information content (AvgIpc) is 2.30. The van der Waals surface area contributed by atoms with Gasteiger partial charge in [0.05, 0.1) is 0 Å². The molecule has 0 aromatic heterocycles. The van der Waals surface area contributed by atoms with Crippen LogP contribution in [-0.2, 0) is 0 Å². The van der Waals surface area contributed by atoms with E-state index in [-0.39, 0.29) is 5.82 Å². The van der Waals surface area contributed by atoms with Crippen LogP contribution < -0.4 is 0 Å². The molecule has 3 heteroatoms. The van der Waals surface area contributed by atoms with Gasteiger partial charge in [-0.05, 0) is 54.3 Å². The maximum atomic E-state index is 13.3. The number of halogens is 2. The number of benzene rings is 2. The quantitative estimate of drug-likeness (QED) is 0.877. The van der Waals surface area contributed by atoms with Gasteiger partial charge in [-0.3, -0.25) is 0 Å². The molecular formula is C15H14BrFO. The Labute approximate surface area is 114 Å². The lowest BCUT2D eigenvalue weighted by atomic mass is 9.95. The number of rotatable bonds is 2. The third-order valence-corrected chi connectivity index (χ3v) is 3.60. The van der Waals surface area contributed by atoms with Gasteiger partial charge in [-0.2, -0.15) is 0 Å². The van der Waals surface area contributed by atoms with Gasteiger partial charge in [-0.1, -0.05) is 34.1 Å². The third kappa shape index (κ3) is 2.62. The lowest BCUT2D eigenvalue weighted by molar-refractivity contribution is 0.219. The van der Waals surface area contributed by atoms with Crippen molar-refractivity contribution >= 4 is 15.9 Å². The zero-order chi connectivity index (χ0) is 13.3. The van der Waals surface area contributed by atoms with E-state index in [1.807, 2.05) is 32.0 Å². The van der Waals surface area contributed by atoms with E-state index in [1.54, 1.807) is 6.07 Å². The van der Waals surface area contributed by atoms with Crippen molar-refractivity contribution in [1.82, 2.24) is 0 Å². The van der Waals surface area contributed by atoms with E-state index in [9.17, 15) is 9.50 Å². The molecule has 0 bridgehead atoms. The third-order valence-electron chi connectivity index (χ3n) is 3.14. The predicted molar refractivity (Wildman–Crippen MR) is 74.1 cm³/mol. The molecule has 1 nitrogen and oxygen atoms in total. The topological polar surface area (TPSA) is 20.2 Å². The molecule has 0 heterocycles. The Balaban J connectivity index is 2.47. The van der Waals surface area contributed by atoms with Gasteiger partial charge < -0.3 is 5.11 Å². The van der Waals surface area contributed by atoms with Crippen molar-refractivity contribution in [2.75, 3.05) is 0 Å². The van der Waals surface area contributed by atoms with Crippen LogP contribution in [0, 0.1) is 19.7 Å². The van der Waals surface area contributed by atoms with Crippen molar-refractivity contribution in [3.8, 4) is 0 Å². The molecule has 0 radical (unpaired) electrons. The molecule has 94 valence electrons. The van der Waals surface area contributed by atoms with Crippen molar-refractivity contribution in [2.24, 2.45) is 0 Å². The number of hydrogen-bond acceptors (Lipinski definition) is 1. The van der Waals surface area contributed by atoms with Crippen LogP contribution in [0.15, 0.2) is 40.9 Å². The molecule has 0 saturated carbocycles. The molecule has 1 unspecified atom stereocenters. The summed E-state index contributed by atoms with van der Waals surface area (Å²) in [4.78, 5) is 0. The molecule has 18 heavy (non-hydrogen) atoms. The van der Waals surface area contributed by atoms with Crippen LogP contribution in [0.1, 0.15) is 28.4 Å². The van der Waals surface area contributed by atoms with Crippen molar-refractivity contribution in [3.63, 3.8) is 0 Å². The molecule has 1 atom stereocenters. The summed E-state index contributed by atoms with van der Waals surface area (Å²) in [7, 11) is 0. The van der Waals surface area contributed by atoms with Crippen LogP contribution in [0.3, 0.4) is 0 Å². The van der Waals surface area contributed by atoms with E-state index >= 15 is 0 Å². The fourth-order valence-corrected chi connectivity index (χ4v) is 2.47. The summed E-state index contributed by atoms with van der Waals surface area (Å²) in [5, 5.41) is 10.4. The second kappa shape index (κ2) is 5.21. The molecule has 0 aliphatic heterocycles. The van der Waals surface area contributed by atoms with E-state index in [0.29, 0.717) is 10.0 Å². The molecule has 0 spiro atoms. The molecular weight excluding hydrogens is 295 g/mol. The minimum atomic E-state index is -0.808. The van der Waals surface area contributed by atoms with Crippen LogP contribution in [0.5, 0.6) is 0 Å². The van der Waals surface area contributed by atoms with Crippen LogP contribution in [0.4, 0.5) is 4.39 Å². The van der Waals surface area contributed by atoms with Gasteiger partial charge in [0.25, 0.3) is 0 Å².